The van der Waals surface area contributed by atoms with Crippen molar-refractivity contribution >= 4 is 0 Å². The van der Waals surface area contributed by atoms with E-state index in [-0.39, 0.29) is 0 Å². The smallest absolute Gasteiger partial charge is 0.226 e. The molecule has 1 aliphatic heterocycles. The van der Waals surface area contributed by atoms with Crippen molar-refractivity contribution < 1.29 is 9.15 Å². The van der Waals surface area contributed by atoms with Crippen LogP contribution in [0.25, 0.3) is 11.5 Å². The summed E-state index contributed by atoms with van der Waals surface area (Å²) in [6.07, 6.45) is 0. The molecule has 0 aliphatic carbocycles. The molecule has 0 unspecified atom stereocenters. The van der Waals surface area contributed by atoms with Crippen molar-refractivity contribution in [3.8, 4) is 17.2 Å². The molecule has 1 aliphatic rings. The number of piperazine rings is 1. The van der Waals surface area contributed by atoms with Crippen LogP contribution in [0, 0.1) is 20.8 Å². The highest BCUT2D eigenvalue weighted by atomic mass is 16.5. The van der Waals surface area contributed by atoms with Crippen molar-refractivity contribution in [1.82, 2.24) is 15.2 Å². The van der Waals surface area contributed by atoms with Crippen molar-refractivity contribution in [1.29, 1.82) is 0 Å². The predicted molar refractivity (Wildman–Crippen MR) is 95.4 cm³/mol. The van der Waals surface area contributed by atoms with Gasteiger partial charge in [0, 0.05) is 37.8 Å². The molecule has 130 valence electrons. The van der Waals surface area contributed by atoms with Gasteiger partial charge in [0.05, 0.1) is 12.8 Å². The largest absolute Gasteiger partial charge is 0.496 e. The van der Waals surface area contributed by atoms with Crippen molar-refractivity contribution in [2.75, 3.05) is 26.7 Å². The van der Waals surface area contributed by atoms with Gasteiger partial charge in [0.15, 0.2) is 0 Å². The van der Waals surface area contributed by atoms with E-state index >= 15 is 0 Å². The Morgan fingerprint density at radius 1 is 1.29 bits per heavy atom. The number of oxazole rings is 1. The number of rotatable bonds is 4. The van der Waals surface area contributed by atoms with Crippen molar-refractivity contribution in [2.45, 2.75) is 40.3 Å². The number of hydrogen-bond acceptors (Lipinski definition) is 5. The molecule has 5 heteroatoms. The lowest BCUT2D eigenvalue weighted by Gasteiger charge is -2.33. The second-order valence-corrected chi connectivity index (χ2v) is 6.61. The Morgan fingerprint density at radius 2 is 2.08 bits per heavy atom. The van der Waals surface area contributed by atoms with E-state index in [4.69, 9.17) is 14.1 Å². The van der Waals surface area contributed by atoms with Crippen molar-refractivity contribution in [2.24, 2.45) is 0 Å². The van der Waals surface area contributed by atoms with Gasteiger partial charge < -0.3 is 14.5 Å². The van der Waals surface area contributed by atoms with Crippen molar-refractivity contribution in [3.05, 3.63) is 34.7 Å². The van der Waals surface area contributed by atoms with Crippen LogP contribution in [0.5, 0.6) is 5.75 Å². The topological polar surface area (TPSA) is 50.5 Å². The molecular weight excluding hydrogens is 302 g/mol. The third-order valence-corrected chi connectivity index (χ3v) is 5.07. The lowest BCUT2D eigenvalue weighted by Crippen LogP contribution is -2.49. The Balaban J connectivity index is 1.87. The average molecular weight is 329 g/mol. The Kier molecular flexibility index (Phi) is 4.92. The number of hydrogen-bond donors (Lipinski definition) is 1. The van der Waals surface area contributed by atoms with Crippen LogP contribution in [-0.4, -0.2) is 42.7 Å². The molecule has 1 fully saturated rings. The van der Waals surface area contributed by atoms with Crippen LogP contribution in [0.3, 0.4) is 0 Å². The predicted octanol–water partition coefficient (Wildman–Crippen LogP) is 3.07. The average Bonchev–Trinajstić information content (AvgIpc) is 2.93. The molecule has 1 saturated heterocycles. The summed E-state index contributed by atoms with van der Waals surface area (Å²) in [6, 6.07) is 4.53. The van der Waals surface area contributed by atoms with Crippen LogP contribution in [0.2, 0.25) is 0 Å². The Morgan fingerprint density at radius 3 is 2.79 bits per heavy atom. The van der Waals surface area contributed by atoms with Gasteiger partial charge in [-0.25, -0.2) is 4.98 Å². The molecule has 0 spiro atoms. The highest BCUT2D eigenvalue weighted by Crippen LogP contribution is 2.31. The monoisotopic (exact) mass is 329 g/mol. The van der Waals surface area contributed by atoms with Gasteiger partial charge in [0.1, 0.15) is 11.5 Å². The molecular formula is C19H27N3O2. The maximum absolute atomic E-state index is 5.99. The minimum Gasteiger partial charge on any atom is -0.496 e. The lowest BCUT2D eigenvalue weighted by molar-refractivity contribution is 0.163. The number of methoxy groups -OCH3 is 1. The van der Waals surface area contributed by atoms with Crippen LogP contribution in [-0.2, 0) is 6.54 Å². The minimum absolute atomic E-state index is 0.517. The normalized spacial score (nSPS) is 18.8. The fourth-order valence-electron chi connectivity index (χ4n) is 3.25. The summed E-state index contributed by atoms with van der Waals surface area (Å²) in [5, 5.41) is 3.42. The Hall–Kier alpha value is -1.85. The summed E-state index contributed by atoms with van der Waals surface area (Å²) >= 11 is 0. The highest BCUT2D eigenvalue weighted by molar-refractivity contribution is 5.63. The molecule has 1 atom stereocenters. The summed E-state index contributed by atoms with van der Waals surface area (Å²) < 4.78 is 11.4. The summed E-state index contributed by atoms with van der Waals surface area (Å²) in [5.74, 6) is 2.51. The van der Waals surface area contributed by atoms with E-state index in [0.717, 1.165) is 60.1 Å². The van der Waals surface area contributed by atoms with Crippen molar-refractivity contribution in [3.63, 3.8) is 0 Å². The second kappa shape index (κ2) is 6.95. The van der Waals surface area contributed by atoms with Gasteiger partial charge in [-0.05, 0) is 51.0 Å². The second-order valence-electron chi connectivity index (χ2n) is 6.61. The number of benzene rings is 1. The molecule has 1 aromatic carbocycles. The SMILES string of the molecule is COc1ccc(-c2nc(CN3CCNC[C@H]3C)c(C)o2)c(C)c1C. The molecule has 2 heterocycles. The van der Waals surface area contributed by atoms with Crippen LogP contribution in [0.1, 0.15) is 29.5 Å². The van der Waals surface area contributed by atoms with Gasteiger partial charge in [-0.3, -0.25) is 4.90 Å². The quantitative estimate of drug-likeness (QED) is 0.934. The fraction of sp³-hybridized carbons (Fsp3) is 0.526. The molecule has 1 N–H and O–H groups in total. The van der Waals surface area contributed by atoms with Gasteiger partial charge in [-0.15, -0.1) is 0 Å². The molecule has 24 heavy (non-hydrogen) atoms. The van der Waals surface area contributed by atoms with E-state index in [1.165, 1.54) is 0 Å². The molecule has 1 aromatic heterocycles. The Bertz CT molecular complexity index is 724. The van der Waals surface area contributed by atoms with E-state index in [2.05, 4.69) is 31.0 Å². The third kappa shape index (κ3) is 3.19. The molecule has 2 aromatic rings. The first-order valence-electron chi connectivity index (χ1n) is 8.57. The van der Waals surface area contributed by atoms with Gasteiger partial charge in [-0.1, -0.05) is 0 Å². The maximum atomic E-state index is 5.99. The first-order chi connectivity index (χ1) is 11.5. The molecule has 0 radical (unpaired) electrons. The van der Waals surface area contributed by atoms with E-state index in [1.807, 2.05) is 19.1 Å². The number of nitrogens with one attached hydrogen (secondary N) is 1. The zero-order valence-corrected chi connectivity index (χ0v) is 15.3. The summed E-state index contributed by atoms with van der Waals surface area (Å²) in [7, 11) is 1.70. The molecule has 5 nitrogen and oxygen atoms in total. The van der Waals surface area contributed by atoms with Gasteiger partial charge in [0.25, 0.3) is 0 Å². The maximum Gasteiger partial charge on any atom is 0.226 e. The molecule has 0 amide bonds. The first kappa shape index (κ1) is 17.0. The van der Waals surface area contributed by atoms with E-state index < -0.39 is 0 Å². The number of nitrogens with zero attached hydrogens (tertiary/aromatic N) is 2. The number of aromatic nitrogens is 1. The molecule has 0 saturated carbocycles. The minimum atomic E-state index is 0.517. The lowest BCUT2D eigenvalue weighted by atomic mass is 10.0. The standard InChI is InChI=1S/C19H27N3O2/c1-12-10-20-8-9-22(12)11-17-15(4)24-19(21-17)16-6-7-18(23-5)14(3)13(16)2/h6-7,12,20H,8-11H2,1-5H3/t12-/m1/s1. The van der Waals surface area contributed by atoms with Gasteiger partial charge >= 0.3 is 0 Å². The van der Waals surface area contributed by atoms with E-state index in [9.17, 15) is 0 Å². The number of ether oxygens (including phenoxy) is 1. The van der Waals surface area contributed by atoms with Crippen LogP contribution in [0.15, 0.2) is 16.5 Å². The van der Waals surface area contributed by atoms with Crippen LogP contribution in [0.4, 0.5) is 0 Å². The zero-order chi connectivity index (χ0) is 17.3. The van der Waals surface area contributed by atoms with Gasteiger partial charge in [-0.2, -0.15) is 0 Å². The summed E-state index contributed by atoms with van der Waals surface area (Å²) in [5.41, 5.74) is 4.35. The fourth-order valence-corrected chi connectivity index (χ4v) is 3.25. The Labute approximate surface area is 144 Å². The highest BCUT2D eigenvalue weighted by Gasteiger charge is 2.22. The van der Waals surface area contributed by atoms with E-state index in [0.29, 0.717) is 11.9 Å². The van der Waals surface area contributed by atoms with Crippen LogP contribution >= 0.6 is 0 Å². The number of aryl methyl sites for hydroxylation is 1. The first-order valence-corrected chi connectivity index (χ1v) is 8.57. The zero-order valence-electron chi connectivity index (χ0n) is 15.3. The van der Waals surface area contributed by atoms with Gasteiger partial charge in [0.2, 0.25) is 5.89 Å². The summed E-state index contributed by atoms with van der Waals surface area (Å²) in [4.78, 5) is 7.25. The van der Waals surface area contributed by atoms with Crippen LogP contribution < -0.4 is 10.1 Å². The molecule has 0 bridgehead atoms. The van der Waals surface area contributed by atoms with E-state index in [1.54, 1.807) is 7.11 Å². The molecule has 3 rings (SSSR count). The third-order valence-electron chi connectivity index (χ3n) is 5.07. The summed E-state index contributed by atoms with van der Waals surface area (Å²) in [6.45, 7) is 12.4.